The molecule has 0 aliphatic heterocycles. The van der Waals surface area contributed by atoms with E-state index in [1.165, 1.54) is 0 Å². The van der Waals surface area contributed by atoms with E-state index in [2.05, 4.69) is 53.3 Å². The van der Waals surface area contributed by atoms with Gasteiger partial charge >= 0.3 is 0 Å². The zero-order chi connectivity index (χ0) is 15.0. The first-order valence-electron chi connectivity index (χ1n) is 7.39. The molecular weight excluding hydrogens is 252 g/mol. The molecule has 1 atom stereocenters. The molecule has 0 radical (unpaired) electrons. The Kier molecular flexibility index (Phi) is 7.08. The van der Waals surface area contributed by atoms with Crippen LogP contribution in [-0.4, -0.2) is 47.6 Å². The molecule has 0 spiro atoms. The van der Waals surface area contributed by atoms with Crippen molar-refractivity contribution in [2.75, 3.05) is 43.0 Å². The molecule has 0 aromatic carbocycles. The van der Waals surface area contributed by atoms with Gasteiger partial charge in [-0.2, -0.15) is 9.97 Å². The molecule has 1 unspecified atom stereocenters. The van der Waals surface area contributed by atoms with Crippen molar-refractivity contribution >= 4 is 17.6 Å². The number of nitrogens with two attached hydrogens (primary N) is 1. The highest BCUT2D eigenvalue weighted by atomic mass is 15.2. The first-order valence-corrected chi connectivity index (χ1v) is 7.39. The van der Waals surface area contributed by atoms with Crippen molar-refractivity contribution < 1.29 is 0 Å². The molecule has 114 valence electrons. The summed E-state index contributed by atoms with van der Waals surface area (Å²) in [6, 6.07) is 2.49. The molecule has 6 heteroatoms. The van der Waals surface area contributed by atoms with Gasteiger partial charge in [0.1, 0.15) is 11.6 Å². The van der Waals surface area contributed by atoms with Crippen LogP contribution in [0.3, 0.4) is 0 Å². The van der Waals surface area contributed by atoms with E-state index in [0.29, 0.717) is 12.0 Å². The SMILES string of the molecule is CCCNc1cc(NCCN(C)C(C)CC)nc(N)n1. The Hall–Kier alpha value is -1.56. The second-order valence-corrected chi connectivity index (χ2v) is 5.09. The summed E-state index contributed by atoms with van der Waals surface area (Å²) in [5.74, 6) is 1.84. The number of nitrogens with one attached hydrogen (secondary N) is 2. The van der Waals surface area contributed by atoms with Gasteiger partial charge in [0.05, 0.1) is 0 Å². The minimum Gasteiger partial charge on any atom is -0.370 e. The summed E-state index contributed by atoms with van der Waals surface area (Å²) in [6.07, 6.45) is 2.20. The zero-order valence-corrected chi connectivity index (χ0v) is 13.1. The molecule has 1 rings (SSSR count). The molecule has 0 amide bonds. The van der Waals surface area contributed by atoms with Crippen LogP contribution >= 0.6 is 0 Å². The van der Waals surface area contributed by atoms with Gasteiger partial charge in [0.15, 0.2) is 0 Å². The molecule has 0 bridgehead atoms. The first-order chi connectivity index (χ1) is 9.56. The van der Waals surface area contributed by atoms with Crippen molar-refractivity contribution in [1.82, 2.24) is 14.9 Å². The Morgan fingerprint density at radius 2 is 1.80 bits per heavy atom. The van der Waals surface area contributed by atoms with Crippen LogP contribution in [0.1, 0.15) is 33.6 Å². The Morgan fingerprint density at radius 3 is 2.35 bits per heavy atom. The third kappa shape index (κ3) is 5.61. The van der Waals surface area contributed by atoms with Gasteiger partial charge in [0, 0.05) is 31.7 Å². The maximum atomic E-state index is 5.72. The van der Waals surface area contributed by atoms with Crippen molar-refractivity contribution in [1.29, 1.82) is 0 Å². The van der Waals surface area contributed by atoms with Crippen LogP contribution in [0.2, 0.25) is 0 Å². The predicted molar refractivity (Wildman–Crippen MR) is 86.1 cm³/mol. The number of hydrogen-bond acceptors (Lipinski definition) is 6. The molecule has 6 nitrogen and oxygen atoms in total. The molecule has 0 fully saturated rings. The largest absolute Gasteiger partial charge is 0.370 e. The van der Waals surface area contributed by atoms with E-state index in [4.69, 9.17) is 5.73 Å². The van der Waals surface area contributed by atoms with Gasteiger partial charge in [-0.15, -0.1) is 0 Å². The Bertz CT molecular complexity index is 395. The van der Waals surface area contributed by atoms with Gasteiger partial charge in [0.25, 0.3) is 0 Å². The summed E-state index contributed by atoms with van der Waals surface area (Å²) < 4.78 is 0. The minimum absolute atomic E-state index is 0.295. The minimum atomic E-state index is 0.295. The second-order valence-electron chi connectivity index (χ2n) is 5.09. The van der Waals surface area contributed by atoms with Crippen LogP contribution in [0.15, 0.2) is 6.07 Å². The number of likely N-dealkylation sites (N-methyl/N-ethyl adjacent to an activating group) is 1. The van der Waals surface area contributed by atoms with E-state index in [9.17, 15) is 0 Å². The Labute approximate surface area is 122 Å². The summed E-state index contributed by atoms with van der Waals surface area (Å²) in [4.78, 5) is 10.7. The second kappa shape index (κ2) is 8.58. The predicted octanol–water partition coefficient (Wildman–Crippen LogP) is 2.02. The third-order valence-corrected chi connectivity index (χ3v) is 3.41. The average molecular weight is 280 g/mol. The number of aromatic nitrogens is 2. The molecule has 1 aromatic heterocycles. The molecule has 0 saturated heterocycles. The average Bonchev–Trinajstić information content (AvgIpc) is 2.43. The standard InChI is InChI=1S/C14H28N6/c1-5-7-16-12-10-13(19-14(15)18-12)17-8-9-20(4)11(3)6-2/h10-11H,5-9H2,1-4H3,(H4,15,16,17,18,19). The van der Waals surface area contributed by atoms with Crippen LogP contribution in [0.4, 0.5) is 17.6 Å². The monoisotopic (exact) mass is 280 g/mol. The van der Waals surface area contributed by atoms with Gasteiger partial charge in [0.2, 0.25) is 5.95 Å². The van der Waals surface area contributed by atoms with Gasteiger partial charge in [-0.3, -0.25) is 0 Å². The third-order valence-electron chi connectivity index (χ3n) is 3.41. The lowest BCUT2D eigenvalue weighted by Crippen LogP contribution is -2.32. The summed E-state index contributed by atoms with van der Waals surface area (Å²) in [7, 11) is 2.14. The maximum Gasteiger partial charge on any atom is 0.223 e. The first kappa shape index (κ1) is 16.5. The van der Waals surface area contributed by atoms with Crippen LogP contribution in [0.5, 0.6) is 0 Å². The lowest BCUT2D eigenvalue weighted by molar-refractivity contribution is 0.261. The number of hydrogen-bond donors (Lipinski definition) is 3. The number of nitrogen functional groups attached to an aromatic ring is 1. The maximum absolute atomic E-state index is 5.72. The lowest BCUT2D eigenvalue weighted by Gasteiger charge is -2.23. The molecule has 0 aliphatic carbocycles. The quantitative estimate of drug-likeness (QED) is 0.642. The van der Waals surface area contributed by atoms with Crippen LogP contribution < -0.4 is 16.4 Å². The number of anilines is 3. The van der Waals surface area contributed by atoms with E-state index >= 15 is 0 Å². The fourth-order valence-electron chi connectivity index (χ4n) is 1.79. The fourth-order valence-corrected chi connectivity index (χ4v) is 1.79. The smallest absolute Gasteiger partial charge is 0.223 e. The lowest BCUT2D eigenvalue weighted by atomic mass is 10.2. The van der Waals surface area contributed by atoms with E-state index in [0.717, 1.165) is 44.1 Å². The summed E-state index contributed by atoms with van der Waals surface area (Å²) >= 11 is 0. The topological polar surface area (TPSA) is 79.1 Å². The van der Waals surface area contributed by atoms with Crippen molar-refractivity contribution in [2.24, 2.45) is 0 Å². The van der Waals surface area contributed by atoms with Crippen LogP contribution in [-0.2, 0) is 0 Å². The number of nitrogens with zero attached hydrogens (tertiary/aromatic N) is 3. The highest BCUT2D eigenvalue weighted by Gasteiger charge is 2.06. The Balaban J connectivity index is 2.48. The van der Waals surface area contributed by atoms with Crippen molar-refractivity contribution in [3.63, 3.8) is 0 Å². The van der Waals surface area contributed by atoms with E-state index in [1.54, 1.807) is 0 Å². The van der Waals surface area contributed by atoms with Gasteiger partial charge in [-0.25, -0.2) is 0 Å². The van der Waals surface area contributed by atoms with Crippen LogP contribution in [0, 0.1) is 0 Å². The van der Waals surface area contributed by atoms with Gasteiger partial charge in [-0.1, -0.05) is 13.8 Å². The highest BCUT2D eigenvalue weighted by Crippen LogP contribution is 2.12. The van der Waals surface area contributed by atoms with Crippen molar-refractivity contribution in [2.45, 2.75) is 39.7 Å². The summed E-state index contributed by atoms with van der Waals surface area (Å²) in [5.41, 5.74) is 5.72. The Morgan fingerprint density at radius 1 is 1.20 bits per heavy atom. The van der Waals surface area contributed by atoms with Crippen molar-refractivity contribution in [3.05, 3.63) is 6.07 Å². The van der Waals surface area contributed by atoms with E-state index in [1.807, 2.05) is 6.07 Å². The molecular formula is C14H28N6. The van der Waals surface area contributed by atoms with Gasteiger partial charge in [-0.05, 0) is 26.8 Å². The van der Waals surface area contributed by atoms with Crippen molar-refractivity contribution in [3.8, 4) is 0 Å². The molecule has 1 aromatic rings. The van der Waals surface area contributed by atoms with E-state index in [-0.39, 0.29) is 0 Å². The summed E-state index contributed by atoms with van der Waals surface area (Å²) in [6.45, 7) is 9.23. The molecule has 1 heterocycles. The number of rotatable bonds is 9. The fraction of sp³-hybridized carbons (Fsp3) is 0.714. The highest BCUT2D eigenvalue weighted by molar-refractivity contribution is 5.50. The zero-order valence-electron chi connectivity index (χ0n) is 13.1. The molecule has 20 heavy (non-hydrogen) atoms. The molecule has 0 saturated carbocycles. The normalized spacial score (nSPS) is 12.4. The molecule has 0 aliphatic rings. The van der Waals surface area contributed by atoms with Gasteiger partial charge < -0.3 is 21.3 Å². The molecule has 4 N–H and O–H groups in total. The van der Waals surface area contributed by atoms with Crippen LogP contribution in [0.25, 0.3) is 0 Å². The van der Waals surface area contributed by atoms with E-state index < -0.39 is 0 Å². The summed E-state index contributed by atoms with van der Waals surface area (Å²) in [5, 5.41) is 6.52.